The zero-order valence-electron chi connectivity index (χ0n) is 12.8. The van der Waals surface area contributed by atoms with E-state index in [0.29, 0.717) is 0 Å². The van der Waals surface area contributed by atoms with Crippen molar-refractivity contribution < 1.29 is 0 Å². The number of hydrogen-bond acceptors (Lipinski definition) is 4. The molecule has 0 aliphatic carbocycles. The summed E-state index contributed by atoms with van der Waals surface area (Å²) in [6.07, 6.45) is 15.6. The number of allylic oxidation sites excluding steroid dienone is 3. The zero-order valence-corrected chi connectivity index (χ0v) is 13.6. The minimum Gasteiger partial charge on any atom is -0.373 e. The minimum atomic E-state index is 0.866. The van der Waals surface area contributed by atoms with Gasteiger partial charge in [0.25, 0.3) is 0 Å². The zero-order chi connectivity index (χ0) is 15.8. The molecule has 1 N–H and O–H groups in total. The minimum absolute atomic E-state index is 0.866. The first-order valence-corrected chi connectivity index (χ1v) is 7.83. The number of thiazole rings is 1. The van der Waals surface area contributed by atoms with E-state index in [9.17, 15) is 0 Å². The van der Waals surface area contributed by atoms with E-state index in [1.54, 1.807) is 17.4 Å². The van der Waals surface area contributed by atoms with Crippen molar-refractivity contribution in [2.45, 2.75) is 6.92 Å². The molecular formula is C18H19N3S. The first-order valence-electron chi connectivity index (χ1n) is 7.01. The van der Waals surface area contributed by atoms with Gasteiger partial charge < -0.3 is 5.32 Å². The lowest BCUT2D eigenvalue weighted by Gasteiger charge is -1.97. The van der Waals surface area contributed by atoms with Crippen molar-refractivity contribution in [3.63, 3.8) is 0 Å². The molecule has 0 radical (unpaired) electrons. The van der Waals surface area contributed by atoms with Crippen LogP contribution in [0.5, 0.6) is 0 Å². The smallest absolute Gasteiger partial charge is 0.125 e. The number of aromatic nitrogens is 2. The predicted octanol–water partition coefficient (Wildman–Crippen LogP) is 3.07. The van der Waals surface area contributed by atoms with Crippen molar-refractivity contribution in [1.82, 2.24) is 9.97 Å². The molecule has 0 bridgehead atoms. The van der Waals surface area contributed by atoms with Crippen LogP contribution < -0.4 is 15.2 Å². The molecule has 0 amide bonds. The number of rotatable bonds is 5. The summed E-state index contributed by atoms with van der Waals surface area (Å²) in [4.78, 5) is 8.82. The van der Waals surface area contributed by atoms with E-state index in [1.165, 1.54) is 0 Å². The Bertz CT molecular complexity index is 796. The number of anilines is 1. The first kappa shape index (κ1) is 15.9. The van der Waals surface area contributed by atoms with E-state index < -0.39 is 0 Å². The van der Waals surface area contributed by atoms with Crippen molar-refractivity contribution in [2.75, 3.05) is 12.4 Å². The van der Waals surface area contributed by atoms with Gasteiger partial charge in [0.2, 0.25) is 0 Å². The molecule has 0 aromatic carbocycles. The van der Waals surface area contributed by atoms with Crippen LogP contribution in [-0.4, -0.2) is 17.0 Å². The fraction of sp³-hybridized carbons (Fsp3) is 0.111. The quantitative estimate of drug-likeness (QED) is 0.863. The van der Waals surface area contributed by atoms with Crippen molar-refractivity contribution in [3.8, 4) is 0 Å². The van der Waals surface area contributed by atoms with E-state index in [4.69, 9.17) is 0 Å². The molecule has 22 heavy (non-hydrogen) atoms. The Morgan fingerprint density at radius 2 is 2.05 bits per heavy atom. The molecule has 0 unspecified atom stereocenters. The van der Waals surface area contributed by atoms with E-state index >= 15 is 0 Å². The number of pyridine rings is 1. The summed E-state index contributed by atoms with van der Waals surface area (Å²) in [7, 11) is 1.86. The number of nitrogens with zero attached hydrogens (tertiary/aromatic N) is 2. The number of nitrogens with one attached hydrogen (secondary N) is 1. The third kappa shape index (κ3) is 4.27. The van der Waals surface area contributed by atoms with Crippen molar-refractivity contribution >= 4 is 41.5 Å². The topological polar surface area (TPSA) is 37.8 Å². The second kappa shape index (κ2) is 8.10. The van der Waals surface area contributed by atoms with Gasteiger partial charge >= 0.3 is 0 Å². The van der Waals surface area contributed by atoms with Crippen LogP contribution in [-0.2, 0) is 0 Å². The standard InChI is InChI=1S/C18H19N3S/c1-4-8-15-16(5-2)22-18(21-15)10-7-6-9-14-11-12-17(19-3)20-13-14/h4-13H,1H2,2-3H3,(H,19,20)/b9-6+,10-7+,15-8+,16-5+. The molecule has 0 saturated heterocycles. The average Bonchev–Trinajstić information content (AvgIpc) is 2.94. The van der Waals surface area contributed by atoms with Crippen LogP contribution in [0, 0.1) is 0 Å². The van der Waals surface area contributed by atoms with Crippen LogP contribution in [0.4, 0.5) is 5.82 Å². The lowest BCUT2D eigenvalue weighted by atomic mass is 10.2. The SMILES string of the molecule is C=C/C=c1/nc(/C=C/C=C/c2ccc(NC)nc2)s/c1=C/C. The van der Waals surface area contributed by atoms with Gasteiger partial charge in [-0.3, -0.25) is 0 Å². The molecule has 0 spiro atoms. The summed E-state index contributed by atoms with van der Waals surface area (Å²) in [5.74, 6) is 0.866. The Balaban J connectivity index is 2.10. The highest BCUT2D eigenvalue weighted by molar-refractivity contribution is 7.10. The monoisotopic (exact) mass is 309 g/mol. The molecule has 3 nitrogen and oxygen atoms in total. The van der Waals surface area contributed by atoms with Gasteiger partial charge in [-0.2, -0.15) is 0 Å². The largest absolute Gasteiger partial charge is 0.373 e. The predicted molar refractivity (Wildman–Crippen MR) is 98.0 cm³/mol. The first-order chi connectivity index (χ1) is 10.8. The van der Waals surface area contributed by atoms with Crippen molar-refractivity contribution in [1.29, 1.82) is 0 Å². The lowest BCUT2D eigenvalue weighted by Crippen LogP contribution is -2.19. The lowest BCUT2D eigenvalue weighted by molar-refractivity contribution is 1.28. The van der Waals surface area contributed by atoms with Crippen LogP contribution in [0.25, 0.3) is 24.3 Å². The van der Waals surface area contributed by atoms with Crippen LogP contribution in [0.1, 0.15) is 17.5 Å². The summed E-state index contributed by atoms with van der Waals surface area (Å²) < 4.78 is 1.16. The molecule has 0 fully saturated rings. The highest BCUT2D eigenvalue weighted by Gasteiger charge is 1.94. The van der Waals surface area contributed by atoms with Crippen LogP contribution in [0.3, 0.4) is 0 Å². The Labute approximate surface area is 134 Å². The molecule has 4 heteroatoms. The average molecular weight is 309 g/mol. The molecule has 112 valence electrons. The van der Waals surface area contributed by atoms with E-state index in [0.717, 1.165) is 26.3 Å². The van der Waals surface area contributed by atoms with Gasteiger partial charge in [0.05, 0.1) is 9.88 Å². The van der Waals surface area contributed by atoms with Gasteiger partial charge in [-0.15, -0.1) is 11.3 Å². The second-order valence-electron chi connectivity index (χ2n) is 4.44. The maximum Gasteiger partial charge on any atom is 0.125 e. The van der Waals surface area contributed by atoms with E-state index in [2.05, 4.69) is 27.9 Å². The maximum atomic E-state index is 4.56. The Hall–Kier alpha value is -2.46. The van der Waals surface area contributed by atoms with E-state index in [1.807, 2.05) is 62.7 Å². The van der Waals surface area contributed by atoms with Gasteiger partial charge in [0, 0.05) is 13.2 Å². The summed E-state index contributed by atoms with van der Waals surface area (Å²) >= 11 is 1.66. The van der Waals surface area contributed by atoms with Gasteiger partial charge in [-0.05, 0) is 36.8 Å². The Kier molecular flexibility index (Phi) is 5.86. The molecule has 2 rings (SSSR count). The fourth-order valence-electron chi connectivity index (χ4n) is 1.83. The highest BCUT2D eigenvalue weighted by Crippen LogP contribution is 2.06. The summed E-state index contributed by atoms with van der Waals surface area (Å²) in [6, 6.07) is 3.97. The maximum absolute atomic E-state index is 4.56. The Morgan fingerprint density at radius 3 is 2.68 bits per heavy atom. The molecular weight excluding hydrogens is 290 g/mol. The van der Waals surface area contributed by atoms with Gasteiger partial charge in [-0.1, -0.05) is 37.0 Å². The third-order valence-electron chi connectivity index (χ3n) is 2.92. The third-order valence-corrected chi connectivity index (χ3v) is 4.02. The summed E-state index contributed by atoms with van der Waals surface area (Å²) in [5.41, 5.74) is 1.06. The Morgan fingerprint density at radius 1 is 1.23 bits per heavy atom. The molecule has 2 heterocycles. The molecule has 0 saturated carbocycles. The molecule has 2 aromatic rings. The van der Waals surface area contributed by atoms with Crippen LogP contribution in [0.2, 0.25) is 0 Å². The molecule has 0 aliphatic heterocycles. The fourth-order valence-corrected chi connectivity index (χ4v) is 2.68. The molecule has 2 aromatic heterocycles. The second-order valence-corrected chi connectivity index (χ2v) is 5.50. The molecule has 0 aliphatic rings. The number of hydrogen-bond donors (Lipinski definition) is 1. The van der Waals surface area contributed by atoms with Crippen LogP contribution >= 0.6 is 11.3 Å². The van der Waals surface area contributed by atoms with E-state index in [-0.39, 0.29) is 0 Å². The van der Waals surface area contributed by atoms with Gasteiger partial charge in [0.15, 0.2) is 0 Å². The highest BCUT2D eigenvalue weighted by atomic mass is 32.1. The van der Waals surface area contributed by atoms with Gasteiger partial charge in [0.1, 0.15) is 10.8 Å². The summed E-state index contributed by atoms with van der Waals surface area (Å²) in [5, 5.41) is 4.95. The van der Waals surface area contributed by atoms with Crippen molar-refractivity contribution in [3.05, 3.63) is 63.6 Å². The van der Waals surface area contributed by atoms with Crippen LogP contribution in [0.15, 0.2) is 43.1 Å². The summed E-state index contributed by atoms with van der Waals surface area (Å²) in [6.45, 7) is 5.73. The van der Waals surface area contributed by atoms with Crippen molar-refractivity contribution in [2.24, 2.45) is 0 Å². The van der Waals surface area contributed by atoms with Gasteiger partial charge in [-0.25, -0.2) is 9.97 Å². The normalized spacial score (nSPS) is 13.4. The molecule has 0 atom stereocenters.